The Bertz CT molecular complexity index is 504. The fourth-order valence-electron chi connectivity index (χ4n) is 1.84. The van der Waals surface area contributed by atoms with Crippen LogP contribution in [0.1, 0.15) is 18.4 Å². The Kier molecular flexibility index (Phi) is 4.01. The first-order valence-corrected chi connectivity index (χ1v) is 6.26. The van der Waals surface area contributed by atoms with Gasteiger partial charge in [0, 0.05) is 17.8 Å². The van der Waals surface area contributed by atoms with Crippen LogP contribution in [0.25, 0.3) is 6.08 Å². The molecule has 2 rings (SSSR count). The van der Waals surface area contributed by atoms with E-state index in [9.17, 15) is 18.0 Å². The molecule has 0 unspecified atom stereocenters. The van der Waals surface area contributed by atoms with Gasteiger partial charge in [-0.25, -0.2) is 0 Å². The Morgan fingerprint density at radius 3 is 2.40 bits per heavy atom. The van der Waals surface area contributed by atoms with Crippen LogP contribution >= 0.6 is 0 Å². The van der Waals surface area contributed by atoms with Crippen LogP contribution in [0, 0.1) is 0 Å². The normalized spacial score (nSPS) is 15.6. The Morgan fingerprint density at radius 1 is 1.30 bits per heavy atom. The number of alkyl halides is 3. The molecule has 2 N–H and O–H groups in total. The topological polar surface area (TPSA) is 46.3 Å². The molecule has 1 aromatic rings. The zero-order valence-corrected chi connectivity index (χ0v) is 10.7. The van der Waals surface area contributed by atoms with Gasteiger partial charge in [0.1, 0.15) is 6.54 Å². The average molecular weight is 284 g/mol. The molecule has 20 heavy (non-hydrogen) atoms. The Balaban J connectivity index is 2.03. The first-order chi connectivity index (χ1) is 9.35. The zero-order valence-electron chi connectivity index (χ0n) is 10.7. The maximum atomic E-state index is 12.4. The molecule has 0 aliphatic heterocycles. The van der Waals surface area contributed by atoms with Gasteiger partial charge in [-0.1, -0.05) is 12.1 Å². The summed E-state index contributed by atoms with van der Waals surface area (Å²) in [6.07, 6.45) is -0.425. The Morgan fingerprint density at radius 2 is 1.90 bits per heavy atom. The minimum absolute atomic E-state index is 0.278. The highest BCUT2D eigenvalue weighted by molar-refractivity contribution is 5.92. The molecular formula is C14H15F3N2O. The van der Waals surface area contributed by atoms with E-state index in [1.807, 2.05) is 0 Å². The van der Waals surface area contributed by atoms with Gasteiger partial charge in [0.25, 0.3) is 0 Å². The van der Waals surface area contributed by atoms with Crippen molar-refractivity contribution in [2.45, 2.75) is 25.1 Å². The molecule has 0 aromatic heterocycles. The van der Waals surface area contributed by atoms with E-state index in [2.05, 4.69) is 0 Å². The van der Waals surface area contributed by atoms with Crippen molar-refractivity contribution < 1.29 is 18.0 Å². The van der Waals surface area contributed by atoms with Crippen LogP contribution in [0.5, 0.6) is 0 Å². The van der Waals surface area contributed by atoms with E-state index < -0.39 is 18.6 Å². The Hall–Kier alpha value is -1.98. The summed E-state index contributed by atoms with van der Waals surface area (Å²) in [6.45, 7) is -1.19. The second-order valence-electron chi connectivity index (χ2n) is 4.81. The van der Waals surface area contributed by atoms with Crippen LogP contribution in [-0.4, -0.2) is 29.6 Å². The van der Waals surface area contributed by atoms with Crippen molar-refractivity contribution in [2.24, 2.45) is 0 Å². The lowest BCUT2D eigenvalue weighted by molar-refractivity contribution is -0.159. The van der Waals surface area contributed by atoms with Gasteiger partial charge in [-0.05, 0) is 36.6 Å². The third-order valence-electron chi connectivity index (χ3n) is 2.98. The number of nitrogens with zero attached hydrogens (tertiary/aromatic N) is 1. The van der Waals surface area contributed by atoms with Gasteiger partial charge in [0.2, 0.25) is 5.91 Å². The number of hydrogen-bond donors (Lipinski definition) is 1. The molecule has 0 atom stereocenters. The highest BCUT2D eigenvalue weighted by atomic mass is 19.4. The van der Waals surface area contributed by atoms with Gasteiger partial charge in [-0.3, -0.25) is 4.79 Å². The summed E-state index contributed by atoms with van der Waals surface area (Å²) in [5, 5.41) is 0. The summed E-state index contributed by atoms with van der Waals surface area (Å²) in [7, 11) is 0. The van der Waals surface area contributed by atoms with E-state index in [-0.39, 0.29) is 6.04 Å². The first kappa shape index (κ1) is 14.4. The number of anilines is 1. The van der Waals surface area contributed by atoms with Gasteiger partial charge in [0.05, 0.1) is 0 Å². The number of halogens is 3. The third kappa shape index (κ3) is 4.29. The average Bonchev–Trinajstić information content (AvgIpc) is 3.18. The van der Waals surface area contributed by atoms with E-state index in [0.29, 0.717) is 18.5 Å². The molecule has 3 nitrogen and oxygen atoms in total. The fourth-order valence-corrected chi connectivity index (χ4v) is 1.84. The molecule has 6 heteroatoms. The third-order valence-corrected chi connectivity index (χ3v) is 2.98. The fraction of sp³-hybridized carbons (Fsp3) is 0.357. The molecule has 1 saturated carbocycles. The van der Waals surface area contributed by atoms with Crippen molar-refractivity contribution in [1.29, 1.82) is 0 Å². The highest BCUT2D eigenvalue weighted by Gasteiger charge is 2.39. The van der Waals surface area contributed by atoms with E-state index in [4.69, 9.17) is 5.73 Å². The summed E-state index contributed by atoms with van der Waals surface area (Å²) < 4.78 is 37.3. The second-order valence-corrected chi connectivity index (χ2v) is 4.81. The van der Waals surface area contributed by atoms with E-state index >= 15 is 0 Å². The molecule has 1 aromatic carbocycles. The van der Waals surface area contributed by atoms with Gasteiger partial charge in [-0.15, -0.1) is 0 Å². The lowest BCUT2D eigenvalue weighted by atomic mass is 10.2. The molecule has 1 aliphatic rings. The molecule has 0 saturated heterocycles. The molecule has 0 spiro atoms. The number of nitrogen functional groups attached to an aromatic ring is 1. The van der Waals surface area contributed by atoms with Crippen LogP contribution in [-0.2, 0) is 4.79 Å². The predicted molar refractivity (Wildman–Crippen MR) is 70.7 cm³/mol. The van der Waals surface area contributed by atoms with Gasteiger partial charge < -0.3 is 10.6 Å². The molecule has 1 amide bonds. The summed E-state index contributed by atoms with van der Waals surface area (Å²) in [5.41, 5.74) is 6.83. The van der Waals surface area contributed by atoms with Crippen molar-refractivity contribution >= 4 is 17.7 Å². The van der Waals surface area contributed by atoms with E-state index in [1.165, 1.54) is 12.2 Å². The van der Waals surface area contributed by atoms with Crippen LogP contribution < -0.4 is 5.73 Å². The molecular weight excluding hydrogens is 269 g/mol. The summed E-state index contributed by atoms with van der Waals surface area (Å²) >= 11 is 0. The smallest absolute Gasteiger partial charge is 0.399 e. The van der Waals surface area contributed by atoms with Crippen molar-refractivity contribution in [1.82, 2.24) is 4.90 Å². The first-order valence-electron chi connectivity index (χ1n) is 6.26. The zero-order chi connectivity index (χ0) is 14.8. The molecule has 0 radical (unpaired) electrons. The quantitative estimate of drug-likeness (QED) is 0.682. The number of amides is 1. The lowest BCUT2D eigenvalue weighted by Crippen LogP contribution is -2.39. The summed E-state index contributed by atoms with van der Waals surface area (Å²) in [5.74, 6) is -0.610. The van der Waals surface area contributed by atoms with Gasteiger partial charge in [-0.2, -0.15) is 13.2 Å². The predicted octanol–water partition coefficient (Wildman–Crippen LogP) is 2.84. The Labute approximate surface area is 114 Å². The largest absolute Gasteiger partial charge is 0.406 e. The monoisotopic (exact) mass is 284 g/mol. The maximum Gasteiger partial charge on any atom is 0.406 e. The number of hydrogen-bond acceptors (Lipinski definition) is 2. The van der Waals surface area contributed by atoms with E-state index in [0.717, 1.165) is 10.5 Å². The molecule has 1 aliphatic carbocycles. The number of nitrogens with two attached hydrogens (primary N) is 1. The van der Waals surface area contributed by atoms with Crippen molar-refractivity contribution in [3.05, 3.63) is 35.9 Å². The second kappa shape index (κ2) is 5.56. The SMILES string of the molecule is Nc1ccc(/C=C/C(=O)N(CC(F)(F)F)C2CC2)cc1. The number of carbonyl (C=O) groups is 1. The summed E-state index contributed by atoms with van der Waals surface area (Å²) in [6, 6.07) is 6.45. The van der Waals surface area contributed by atoms with Crippen LogP contribution in [0.3, 0.4) is 0 Å². The van der Waals surface area contributed by atoms with Crippen molar-refractivity contribution in [3.63, 3.8) is 0 Å². The highest BCUT2D eigenvalue weighted by Crippen LogP contribution is 2.30. The van der Waals surface area contributed by atoms with Crippen LogP contribution in [0.2, 0.25) is 0 Å². The summed E-state index contributed by atoms with van der Waals surface area (Å²) in [4.78, 5) is 12.7. The van der Waals surface area contributed by atoms with Crippen LogP contribution in [0.4, 0.5) is 18.9 Å². The molecule has 108 valence electrons. The van der Waals surface area contributed by atoms with Crippen molar-refractivity contribution in [2.75, 3.05) is 12.3 Å². The van der Waals surface area contributed by atoms with E-state index in [1.54, 1.807) is 24.3 Å². The standard InChI is InChI=1S/C14H15F3N2O/c15-14(16,17)9-19(12-6-7-12)13(20)8-3-10-1-4-11(18)5-2-10/h1-5,8,12H,6-7,9,18H2/b8-3+. The molecule has 1 fully saturated rings. The lowest BCUT2D eigenvalue weighted by Gasteiger charge is -2.22. The number of rotatable bonds is 4. The molecule has 0 bridgehead atoms. The van der Waals surface area contributed by atoms with Crippen molar-refractivity contribution in [3.8, 4) is 0 Å². The van der Waals surface area contributed by atoms with Gasteiger partial charge in [0.15, 0.2) is 0 Å². The number of carbonyl (C=O) groups excluding carboxylic acids is 1. The minimum Gasteiger partial charge on any atom is -0.399 e. The van der Waals surface area contributed by atoms with Crippen LogP contribution in [0.15, 0.2) is 30.3 Å². The number of benzene rings is 1. The van der Waals surface area contributed by atoms with Gasteiger partial charge >= 0.3 is 6.18 Å². The molecule has 0 heterocycles. The minimum atomic E-state index is -4.37. The maximum absolute atomic E-state index is 12.4.